The van der Waals surface area contributed by atoms with Crippen molar-refractivity contribution in [1.82, 2.24) is 15.6 Å². The summed E-state index contributed by atoms with van der Waals surface area (Å²) in [6, 6.07) is 11.8. The second-order valence-electron chi connectivity index (χ2n) is 6.80. The summed E-state index contributed by atoms with van der Waals surface area (Å²) in [6.07, 6.45) is 1.41. The Bertz CT molecular complexity index is 895. The van der Waals surface area contributed by atoms with Gasteiger partial charge in [-0.1, -0.05) is 37.3 Å². The van der Waals surface area contributed by atoms with Crippen molar-refractivity contribution < 1.29 is 9.59 Å². The Morgan fingerprint density at radius 1 is 1.29 bits per heavy atom. The van der Waals surface area contributed by atoms with E-state index >= 15 is 0 Å². The van der Waals surface area contributed by atoms with Crippen LogP contribution in [-0.2, 0) is 11.3 Å². The van der Waals surface area contributed by atoms with Gasteiger partial charge in [-0.25, -0.2) is 0 Å². The van der Waals surface area contributed by atoms with Crippen molar-refractivity contribution in [2.24, 2.45) is 5.10 Å². The van der Waals surface area contributed by atoms with E-state index in [1.807, 2.05) is 51.6 Å². The third kappa shape index (κ3) is 3.47. The summed E-state index contributed by atoms with van der Waals surface area (Å²) in [5.41, 5.74) is 5.03. The Morgan fingerprint density at radius 2 is 2.11 bits per heavy atom. The second kappa shape index (κ2) is 8.02. The molecule has 2 aliphatic heterocycles. The maximum Gasteiger partial charge on any atom is 0.269 e. The van der Waals surface area contributed by atoms with E-state index in [1.165, 1.54) is 11.3 Å². The fourth-order valence-corrected chi connectivity index (χ4v) is 4.35. The molecule has 0 fully saturated rings. The minimum absolute atomic E-state index is 0.0148. The molecule has 4 rings (SSSR count). The van der Waals surface area contributed by atoms with Crippen LogP contribution in [0.15, 0.2) is 46.9 Å². The van der Waals surface area contributed by atoms with Gasteiger partial charge in [0.1, 0.15) is 10.7 Å². The Hall–Kier alpha value is -2.87. The molecule has 1 atom stereocenters. The lowest BCUT2D eigenvalue weighted by Crippen LogP contribution is -2.58. The number of hydrogen-bond donors (Lipinski definition) is 2. The lowest BCUT2D eigenvalue weighted by atomic mass is 10.2. The highest BCUT2D eigenvalue weighted by molar-refractivity contribution is 7.12. The number of nitrogens with one attached hydrogen (secondary N) is 2. The number of anilines is 1. The van der Waals surface area contributed by atoms with Gasteiger partial charge in [-0.2, -0.15) is 5.10 Å². The smallest absolute Gasteiger partial charge is 0.269 e. The number of fused-ring (bicyclic) bond motifs is 3. The van der Waals surface area contributed by atoms with Crippen LogP contribution in [-0.4, -0.2) is 35.4 Å². The van der Waals surface area contributed by atoms with E-state index < -0.39 is 0 Å². The number of hydrogen-bond acceptors (Lipinski definition) is 6. The van der Waals surface area contributed by atoms with E-state index in [2.05, 4.69) is 22.8 Å². The molecule has 1 aromatic heterocycles. The zero-order chi connectivity index (χ0) is 19.5. The molecule has 146 valence electrons. The maximum atomic E-state index is 12.8. The van der Waals surface area contributed by atoms with E-state index in [0.29, 0.717) is 25.9 Å². The van der Waals surface area contributed by atoms with Gasteiger partial charge in [0.15, 0.2) is 0 Å². The minimum atomic E-state index is -0.308. The molecule has 0 spiro atoms. The van der Waals surface area contributed by atoms with Crippen molar-refractivity contribution >= 4 is 34.7 Å². The third-order valence-corrected chi connectivity index (χ3v) is 5.75. The van der Waals surface area contributed by atoms with Crippen molar-refractivity contribution in [3.05, 3.63) is 52.2 Å². The Kier molecular flexibility index (Phi) is 5.29. The molecule has 2 N–H and O–H groups in total. The van der Waals surface area contributed by atoms with Crippen molar-refractivity contribution in [2.45, 2.75) is 39.0 Å². The van der Waals surface area contributed by atoms with Gasteiger partial charge in [0.2, 0.25) is 12.2 Å². The number of amides is 2. The van der Waals surface area contributed by atoms with Crippen LogP contribution in [0.25, 0.3) is 0 Å². The van der Waals surface area contributed by atoms with Crippen LogP contribution in [0.1, 0.15) is 41.4 Å². The molecule has 0 saturated heterocycles. The summed E-state index contributed by atoms with van der Waals surface area (Å²) in [6.45, 7) is 3.23. The first-order chi connectivity index (χ1) is 13.7. The summed E-state index contributed by atoms with van der Waals surface area (Å²) >= 11 is 1.45. The predicted molar refractivity (Wildman–Crippen MR) is 110 cm³/mol. The maximum absolute atomic E-state index is 12.8. The van der Waals surface area contributed by atoms with Crippen LogP contribution in [0.3, 0.4) is 0 Å². The summed E-state index contributed by atoms with van der Waals surface area (Å²) in [4.78, 5) is 29.6. The molecule has 3 heterocycles. The number of amidine groups is 1. The summed E-state index contributed by atoms with van der Waals surface area (Å²) in [7, 11) is 0. The van der Waals surface area contributed by atoms with Crippen LogP contribution >= 0.6 is 11.3 Å². The zero-order valence-corrected chi connectivity index (χ0v) is 16.5. The number of carbonyl (C=O) groups excluding carboxylic acids is 2. The normalized spacial score (nSPS) is 17.7. The molecule has 28 heavy (non-hydrogen) atoms. The average molecular weight is 398 g/mol. The van der Waals surface area contributed by atoms with E-state index in [4.69, 9.17) is 0 Å². The highest BCUT2D eigenvalue weighted by atomic mass is 32.1. The number of thiophene rings is 1. The topological polar surface area (TPSA) is 77.0 Å². The molecule has 7 nitrogen and oxygen atoms in total. The Morgan fingerprint density at radius 3 is 2.89 bits per heavy atom. The zero-order valence-electron chi connectivity index (χ0n) is 15.7. The standard InChI is InChI=1S/C20H23N5O2S/c1-2-11-24-19(27)18-15(10-12-28-18)25-16(22-23-20(24)25)8-9-17(26)21-13-14-6-4-3-5-7-14/h3-7,10,12,20,23H,2,8-9,11,13H2,1H3,(H,21,26). The summed E-state index contributed by atoms with van der Waals surface area (Å²) in [5, 5.41) is 9.32. The van der Waals surface area contributed by atoms with Gasteiger partial charge in [0, 0.05) is 25.9 Å². The molecular weight excluding hydrogens is 374 g/mol. The first kappa shape index (κ1) is 18.5. The van der Waals surface area contributed by atoms with Gasteiger partial charge in [-0.15, -0.1) is 11.3 Å². The predicted octanol–water partition coefficient (Wildman–Crippen LogP) is 2.72. The average Bonchev–Trinajstić information content (AvgIpc) is 3.35. The van der Waals surface area contributed by atoms with Gasteiger partial charge >= 0.3 is 0 Å². The minimum Gasteiger partial charge on any atom is -0.352 e. The fraction of sp³-hybridized carbons (Fsp3) is 0.350. The molecule has 1 aromatic carbocycles. The second-order valence-corrected chi connectivity index (χ2v) is 7.71. The highest BCUT2D eigenvalue weighted by Gasteiger charge is 2.43. The summed E-state index contributed by atoms with van der Waals surface area (Å²) in [5.74, 6) is 0.810. The monoisotopic (exact) mass is 397 g/mol. The van der Waals surface area contributed by atoms with E-state index in [-0.39, 0.29) is 18.1 Å². The molecule has 8 heteroatoms. The lowest BCUT2D eigenvalue weighted by molar-refractivity contribution is -0.121. The van der Waals surface area contributed by atoms with Crippen molar-refractivity contribution in [3.8, 4) is 0 Å². The van der Waals surface area contributed by atoms with Gasteiger partial charge in [0.05, 0.1) is 5.69 Å². The molecular formula is C20H23N5O2S. The molecule has 0 bridgehead atoms. The van der Waals surface area contributed by atoms with Crippen LogP contribution in [0, 0.1) is 0 Å². The van der Waals surface area contributed by atoms with Crippen LogP contribution in [0.4, 0.5) is 5.69 Å². The molecule has 2 amide bonds. The Labute approximate surface area is 168 Å². The third-order valence-electron chi connectivity index (χ3n) is 4.86. The number of rotatable bonds is 7. The van der Waals surface area contributed by atoms with Gasteiger partial charge in [-0.05, 0) is 23.4 Å². The van der Waals surface area contributed by atoms with Crippen LogP contribution in [0.2, 0.25) is 0 Å². The molecule has 2 aliphatic rings. The largest absolute Gasteiger partial charge is 0.352 e. The first-order valence-electron chi connectivity index (χ1n) is 9.49. The summed E-state index contributed by atoms with van der Waals surface area (Å²) < 4.78 is 0. The molecule has 0 aliphatic carbocycles. The van der Waals surface area contributed by atoms with Crippen molar-refractivity contribution in [2.75, 3.05) is 11.4 Å². The van der Waals surface area contributed by atoms with Gasteiger partial charge in [-0.3, -0.25) is 24.8 Å². The number of nitrogens with zero attached hydrogens (tertiary/aromatic N) is 3. The lowest BCUT2D eigenvalue weighted by Gasteiger charge is -2.39. The molecule has 2 aromatic rings. The van der Waals surface area contributed by atoms with Crippen LogP contribution < -0.4 is 15.6 Å². The van der Waals surface area contributed by atoms with E-state index in [0.717, 1.165) is 28.4 Å². The molecule has 1 unspecified atom stereocenters. The quantitative estimate of drug-likeness (QED) is 0.753. The van der Waals surface area contributed by atoms with Gasteiger partial charge < -0.3 is 5.32 Å². The highest BCUT2D eigenvalue weighted by Crippen LogP contribution is 2.36. The molecule has 0 saturated carbocycles. The SMILES string of the molecule is CCCN1C(=O)c2sccc2N2C(CCC(=O)NCc3ccccc3)=NNC12. The van der Waals surface area contributed by atoms with E-state index in [1.54, 1.807) is 0 Å². The van der Waals surface area contributed by atoms with Gasteiger partial charge in [0.25, 0.3) is 5.91 Å². The van der Waals surface area contributed by atoms with Crippen molar-refractivity contribution in [1.29, 1.82) is 0 Å². The molecule has 0 radical (unpaired) electrons. The van der Waals surface area contributed by atoms with E-state index in [9.17, 15) is 9.59 Å². The fourth-order valence-electron chi connectivity index (χ4n) is 3.51. The number of benzene rings is 1. The van der Waals surface area contributed by atoms with Crippen molar-refractivity contribution in [3.63, 3.8) is 0 Å². The number of carbonyl (C=O) groups is 2. The van der Waals surface area contributed by atoms with Crippen LogP contribution in [0.5, 0.6) is 0 Å². The Balaban J connectivity index is 1.40. The number of hydrazone groups is 1. The first-order valence-corrected chi connectivity index (χ1v) is 10.4.